The minimum atomic E-state index is 0.621. The van der Waals surface area contributed by atoms with Crippen LogP contribution in [0.1, 0.15) is 47.0 Å². The molecule has 1 aliphatic heterocycles. The molecule has 1 aliphatic rings. The molecule has 0 aromatic rings. The molecule has 2 atom stereocenters. The second kappa shape index (κ2) is 5.56. The van der Waals surface area contributed by atoms with Crippen molar-refractivity contribution >= 4 is 0 Å². The van der Waals surface area contributed by atoms with Crippen LogP contribution in [0, 0.1) is 24.2 Å². The molecule has 86 valence electrons. The van der Waals surface area contributed by atoms with Gasteiger partial charge in [-0.25, -0.2) is 0 Å². The van der Waals surface area contributed by atoms with Gasteiger partial charge in [-0.1, -0.05) is 13.8 Å². The van der Waals surface area contributed by atoms with Gasteiger partial charge in [-0.3, -0.25) is 4.90 Å². The highest BCUT2D eigenvalue weighted by molar-refractivity contribution is 4.94. The van der Waals surface area contributed by atoms with Gasteiger partial charge in [-0.15, -0.1) is 12.3 Å². The lowest BCUT2D eigenvalue weighted by Gasteiger charge is -2.42. The van der Waals surface area contributed by atoms with Crippen LogP contribution in [0.5, 0.6) is 0 Å². The van der Waals surface area contributed by atoms with Crippen LogP contribution in [0.4, 0.5) is 0 Å². The SMILES string of the molecule is C#CC[C@H]1CC(C(C)C)CCN1C(C)C. The van der Waals surface area contributed by atoms with Crippen molar-refractivity contribution in [2.75, 3.05) is 6.54 Å². The maximum absolute atomic E-state index is 5.47. The van der Waals surface area contributed by atoms with E-state index in [-0.39, 0.29) is 0 Å². The van der Waals surface area contributed by atoms with Crippen LogP contribution in [0.15, 0.2) is 0 Å². The van der Waals surface area contributed by atoms with E-state index in [1.54, 1.807) is 0 Å². The molecule has 0 radical (unpaired) electrons. The van der Waals surface area contributed by atoms with E-state index in [0.717, 1.165) is 18.3 Å². The molecule has 0 aromatic carbocycles. The van der Waals surface area contributed by atoms with E-state index in [0.29, 0.717) is 12.1 Å². The summed E-state index contributed by atoms with van der Waals surface area (Å²) in [6, 6.07) is 1.26. The lowest BCUT2D eigenvalue weighted by molar-refractivity contribution is 0.0690. The number of rotatable bonds is 3. The fourth-order valence-corrected chi connectivity index (χ4v) is 2.72. The van der Waals surface area contributed by atoms with Crippen LogP contribution in [0.3, 0.4) is 0 Å². The van der Waals surface area contributed by atoms with Crippen LogP contribution < -0.4 is 0 Å². The van der Waals surface area contributed by atoms with Crippen molar-refractivity contribution in [1.29, 1.82) is 0 Å². The van der Waals surface area contributed by atoms with Gasteiger partial charge in [-0.05, 0) is 45.1 Å². The lowest BCUT2D eigenvalue weighted by Crippen LogP contribution is -2.46. The smallest absolute Gasteiger partial charge is 0.0243 e. The summed E-state index contributed by atoms with van der Waals surface area (Å²) in [7, 11) is 0. The molecule has 0 spiro atoms. The number of nitrogens with zero attached hydrogens (tertiary/aromatic N) is 1. The average Bonchev–Trinajstić information content (AvgIpc) is 2.17. The Labute approximate surface area is 95.2 Å². The van der Waals surface area contributed by atoms with Crippen molar-refractivity contribution < 1.29 is 0 Å². The first-order chi connectivity index (χ1) is 7.06. The van der Waals surface area contributed by atoms with Crippen molar-refractivity contribution in [2.24, 2.45) is 11.8 Å². The van der Waals surface area contributed by atoms with Gasteiger partial charge < -0.3 is 0 Å². The number of hydrogen-bond donors (Lipinski definition) is 0. The zero-order valence-electron chi connectivity index (χ0n) is 10.7. The zero-order chi connectivity index (χ0) is 11.4. The van der Waals surface area contributed by atoms with Crippen LogP contribution in [0.2, 0.25) is 0 Å². The first kappa shape index (κ1) is 12.6. The Morgan fingerprint density at radius 3 is 2.47 bits per heavy atom. The monoisotopic (exact) mass is 207 g/mol. The normalized spacial score (nSPS) is 28.3. The van der Waals surface area contributed by atoms with Crippen LogP contribution >= 0.6 is 0 Å². The second-order valence-electron chi connectivity index (χ2n) is 5.42. The summed E-state index contributed by atoms with van der Waals surface area (Å²) in [5, 5.41) is 0. The molecule has 15 heavy (non-hydrogen) atoms. The first-order valence-corrected chi connectivity index (χ1v) is 6.25. The Morgan fingerprint density at radius 2 is 2.00 bits per heavy atom. The topological polar surface area (TPSA) is 3.24 Å². The van der Waals surface area contributed by atoms with Crippen LogP contribution in [0.25, 0.3) is 0 Å². The molecular weight excluding hydrogens is 182 g/mol. The van der Waals surface area contributed by atoms with Crippen LogP contribution in [-0.2, 0) is 0 Å². The Hall–Kier alpha value is -0.480. The van der Waals surface area contributed by atoms with E-state index in [1.807, 2.05) is 0 Å². The quantitative estimate of drug-likeness (QED) is 0.643. The molecule has 0 saturated carbocycles. The number of hydrogen-bond acceptors (Lipinski definition) is 1. The molecule has 1 rings (SSSR count). The maximum atomic E-state index is 5.47. The molecule has 1 unspecified atom stereocenters. The van der Waals surface area contributed by atoms with Crippen molar-refractivity contribution in [2.45, 2.75) is 59.0 Å². The third-order valence-corrected chi connectivity index (χ3v) is 3.76. The maximum Gasteiger partial charge on any atom is 0.0243 e. The number of terminal acetylenes is 1. The second-order valence-corrected chi connectivity index (χ2v) is 5.42. The Kier molecular flexibility index (Phi) is 4.67. The summed E-state index contributed by atoms with van der Waals surface area (Å²) >= 11 is 0. The molecule has 1 nitrogen and oxygen atoms in total. The van der Waals surface area contributed by atoms with E-state index >= 15 is 0 Å². The summed E-state index contributed by atoms with van der Waals surface area (Å²) in [5.41, 5.74) is 0. The van der Waals surface area contributed by atoms with Gasteiger partial charge in [0.2, 0.25) is 0 Å². The standard InChI is InChI=1S/C14H25N/c1-6-7-14-10-13(11(2)3)8-9-15(14)12(4)5/h1,11-14H,7-10H2,2-5H3/t13?,14-/m0/s1. The molecule has 0 aliphatic carbocycles. The molecule has 1 fully saturated rings. The minimum Gasteiger partial charge on any atom is -0.297 e. The van der Waals surface area contributed by atoms with E-state index in [4.69, 9.17) is 6.42 Å². The third-order valence-electron chi connectivity index (χ3n) is 3.76. The Balaban J connectivity index is 2.61. The Bertz CT molecular complexity index is 224. The van der Waals surface area contributed by atoms with Gasteiger partial charge >= 0.3 is 0 Å². The largest absolute Gasteiger partial charge is 0.297 e. The predicted octanol–water partition coefficient (Wildman–Crippen LogP) is 3.15. The summed E-state index contributed by atoms with van der Waals surface area (Å²) in [5.74, 6) is 4.52. The average molecular weight is 207 g/mol. The summed E-state index contributed by atoms with van der Waals surface area (Å²) < 4.78 is 0. The number of likely N-dealkylation sites (tertiary alicyclic amines) is 1. The highest BCUT2D eigenvalue weighted by atomic mass is 15.2. The molecule has 0 bridgehead atoms. The van der Waals surface area contributed by atoms with Gasteiger partial charge in [0.05, 0.1) is 0 Å². The Morgan fingerprint density at radius 1 is 1.33 bits per heavy atom. The van der Waals surface area contributed by atoms with Crippen molar-refractivity contribution in [3.8, 4) is 12.3 Å². The van der Waals surface area contributed by atoms with E-state index in [1.165, 1.54) is 19.4 Å². The third kappa shape index (κ3) is 3.24. The van der Waals surface area contributed by atoms with Gasteiger partial charge in [0.1, 0.15) is 0 Å². The summed E-state index contributed by atoms with van der Waals surface area (Å²) in [4.78, 5) is 2.58. The zero-order valence-corrected chi connectivity index (χ0v) is 10.7. The molecule has 1 heterocycles. The minimum absolute atomic E-state index is 0.621. The fourth-order valence-electron chi connectivity index (χ4n) is 2.72. The van der Waals surface area contributed by atoms with E-state index in [2.05, 4.69) is 38.5 Å². The van der Waals surface area contributed by atoms with Gasteiger partial charge in [0.15, 0.2) is 0 Å². The van der Waals surface area contributed by atoms with Crippen molar-refractivity contribution in [3.05, 3.63) is 0 Å². The van der Waals surface area contributed by atoms with Crippen LogP contribution in [-0.4, -0.2) is 23.5 Å². The fraction of sp³-hybridized carbons (Fsp3) is 0.857. The van der Waals surface area contributed by atoms with E-state index in [9.17, 15) is 0 Å². The molecule has 0 amide bonds. The van der Waals surface area contributed by atoms with E-state index < -0.39 is 0 Å². The lowest BCUT2D eigenvalue weighted by atomic mass is 9.81. The van der Waals surface area contributed by atoms with Gasteiger partial charge in [0, 0.05) is 18.5 Å². The van der Waals surface area contributed by atoms with Crippen molar-refractivity contribution in [3.63, 3.8) is 0 Å². The number of piperidine rings is 1. The molecule has 0 aromatic heterocycles. The molecule has 1 heteroatoms. The highest BCUT2D eigenvalue weighted by Crippen LogP contribution is 2.30. The van der Waals surface area contributed by atoms with Gasteiger partial charge in [0.25, 0.3) is 0 Å². The molecule has 1 saturated heterocycles. The first-order valence-electron chi connectivity index (χ1n) is 6.25. The van der Waals surface area contributed by atoms with Gasteiger partial charge in [-0.2, -0.15) is 0 Å². The summed E-state index contributed by atoms with van der Waals surface area (Å²) in [6.07, 6.45) is 9.02. The predicted molar refractivity (Wildman–Crippen MR) is 66.6 cm³/mol. The van der Waals surface area contributed by atoms with Crippen molar-refractivity contribution in [1.82, 2.24) is 4.90 Å². The molecule has 0 N–H and O–H groups in total. The summed E-state index contributed by atoms with van der Waals surface area (Å²) in [6.45, 7) is 10.5. The highest BCUT2D eigenvalue weighted by Gasteiger charge is 2.30. The molecular formula is C14H25N.